The third-order valence-corrected chi connectivity index (χ3v) is 3.50. The molecule has 2 heterocycles. The minimum atomic E-state index is 0.527. The zero-order chi connectivity index (χ0) is 7.84. The number of rotatable bonds is 1. The van der Waals surface area contributed by atoms with E-state index in [4.69, 9.17) is 0 Å². The molecule has 58 valence electrons. The quantitative estimate of drug-likeness (QED) is 0.681. The molecule has 0 aliphatic carbocycles. The van der Waals surface area contributed by atoms with E-state index in [0.717, 1.165) is 5.65 Å². The molecule has 2 rings (SSSR count). The van der Waals surface area contributed by atoms with E-state index >= 15 is 0 Å². The lowest BCUT2D eigenvalue weighted by molar-refractivity contribution is 0.855. The average Bonchev–Trinajstić information content (AvgIpc) is 2.40. The van der Waals surface area contributed by atoms with Crippen molar-refractivity contribution < 1.29 is 0 Å². The molecule has 0 N–H and O–H groups in total. The standard InChI is InChI=1S/C7H8N2S2/c1-4(2)7-8-6-5(11-7)3-10-9-6/h3-4H,1-2H3. The number of aromatic nitrogens is 2. The molecule has 0 aliphatic rings. The van der Waals surface area contributed by atoms with Crippen LogP contribution in [0.4, 0.5) is 0 Å². The Morgan fingerprint density at radius 2 is 2.27 bits per heavy atom. The number of thiazole rings is 1. The Morgan fingerprint density at radius 3 is 2.91 bits per heavy atom. The third-order valence-electron chi connectivity index (χ3n) is 1.44. The summed E-state index contributed by atoms with van der Waals surface area (Å²) in [4.78, 5) is 4.39. The highest BCUT2D eigenvalue weighted by Gasteiger charge is 2.07. The van der Waals surface area contributed by atoms with Crippen LogP contribution >= 0.6 is 22.9 Å². The van der Waals surface area contributed by atoms with Gasteiger partial charge in [-0.25, -0.2) is 4.98 Å². The van der Waals surface area contributed by atoms with Crippen LogP contribution in [0.1, 0.15) is 24.8 Å². The minimum absolute atomic E-state index is 0.527. The molecular formula is C7H8N2S2. The molecule has 0 bridgehead atoms. The fraction of sp³-hybridized carbons (Fsp3) is 0.429. The average molecular weight is 184 g/mol. The highest BCUT2D eigenvalue weighted by Crippen LogP contribution is 2.27. The van der Waals surface area contributed by atoms with Crippen LogP contribution in [0, 0.1) is 0 Å². The van der Waals surface area contributed by atoms with Crippen LogP contribution in [-0.2, 0) is 0 Å². The largest absolute Gasteiger partial charge is 0.220 e. The fourth-order valence-corrected chi connectivity index (χ4v) is 2.50. The predicted molar refractivity (Wildman–Crippen MR) is 49.4 cm³/mol. The maximum absolute atomic E-state index is 4.39. The summed E-state index contributed by atoms with van der Waals surface area (Å²) in [5.74, 6) is 0.527. The number of hydrogen-bond donors (Lipinski definition) is 0. The van der Waals surface area contributed by atoms with Crippen LogP contribution in [0.25, 0.3) is 10.3 Å². The Labute approximate surface area is 73.1 Å². The van der Waals surface area contributed by atoms with E-state index in [1.807, 2.05) is 0 Å². The topological polar surface area (TPSA) is 25.8 Å². The van der Waals surface area contributed by atoms with Crippen molar-refractivity contribution in [3.63, 3.8) is 0 Å². The Hall–Kier alpha value is -0.480. The van der Waals surface area contributed by atoms with Crippen LogP contribution in [0.15, 0.2) is 5.38 Å². The molecule has 0 amide bonds. The first-order valence-corrected chi connectivity index (χ1v) is 5.13. The van der Waals surface area contributed by atoms with Gasteiger partial charge in [0.05, 0.1) is 9.71 Å². The lowest BCUT2D eigenvalue weighted by Crippen LogP contribution is -1.83. The fourth-order valence-electron chi connectivity index (χ4n) is 0.854. The molecule has 4 heteroatoms. The van der Waals surface area contributed by atoms with Crippen LogP contribution in [0.3, 0.4) is 0 Å². The van der Waals surface area contributed by atoms with Gasteiger partial charge in [-0.1, -0.05) is 13.8 Å². The summed E-state index contributed by atoms with van der Waals surface area (Å²) in [6.45, 7) is 4.31. The Morgan fingerprint density at radius 1 is 1.45 bits per heavy atom. The summed E-state index contributed by atoms with van der Waals surface area (Å²) in [7, 11) is 0. The lowest BCUT2D eigenvalue weighted by Gasteiger charge is -1.94. The molecule has 2 aromatic heterocycles. The van der Waals surface area contributed by atoms with E-state index in [9.17, 15) is 0 Å². The molecule has 0 unspecified atom stereocenters. The van der Waals surface area contributed by atoms with Gasteiger partial charge in [0.15, 0.2) is 5.65 Å². The summed E-state index contributed by atoms with van der Waals surface area (Å²) >= 11 is 3.23. The van der Waals surface area contributed by atoms with Crippen molar-refractivity contribution >= 4 is 33.2 Å². The molecule has 0 atom stereocenters. The van der Waals surface area contributed by atoms with Gasteiger partial charge in [-0.15, -0.1) is 11.3 Å². The van der Waals surface area contributed by atoms with Crippen molar-refractivity contribution in [1.82, 2.24) is 9.36 Å². The first kappa shape index (κ1) is 7.18. The van der Waals surface area contributed by atoms with Crippen molar-refractivity contribution in [3.05, 3.63) is 10.4 Å². The molecule has 2 nitrogen and oxygen atoms in total. The molecule has 11 heavy (non-hydrogen) atoms. The molecule has 0 radical (unpaired) electrons. The van der Waals surface area contributed by atoms with Crippen molar-refractivity contribution in [2.75, 3.05) is 0 Å². The SMILES string of the molecule is CC(C)c1nc2nscc2s1. The third kappa shape index (κ3) is 1.16. The van der Waals surface area contributed by atoms with E-state index in [1.54, 1.807) is 11.3 Å². The second kappa shape index (κ2) is 2.53. The normalized spacial score (nSPS) is 11.5. The highest BCUT2D eigenvalue weighted by molar-refractivity contribution is 7.21. The van der Waals surface area contributed by atoms with Gasteiger partial charge >= 0.3 is 0 Å². The number of hydrogen-bond acceptors (Lipinski definition) is 4. The van der Waals surface area contributed by atoms with E-state index in [2.05, 4.69) is 28.6 Å². The molecule has 0 saturated carbocycles. The Balaban J connectivity index is 2.58. The van der Waals surface area contributed by atoms with Gasteiger partial charge < -0.3 is 0 Å². The Bertz CT molecular complexity index is 333. The summed E-state index contributed by atoms with van der Waals surface area (Å²) in [6, 6.07) is 0. The maximum Gasteiger partial charge on any atom is 0.183 e. The summed E-state index contributed by atoms with van der Waals surface area (Å²) < 4.78 is 5.38. The van der Waals surface area contributed by atoms with Gasteiger partial charge in [0.2, 0.25) is 0 Å². The van der Waals surface area contributed by atoms with Crippen molar-refractivity contribution in [2.24, 2.45) is 0 Å². The highest BCUT2D eigenvalue weighted by atomic mass is 32.1. The number of nitrogens with zero attached hydrogens (tertiary/aromatic N) is 2. The maximum atomic E-state index is 4.39. The van der Waals surface area contributed by atoms with Crippen LogP contribution in [0.5, 0.6) is 0 Å². The van der Waals surface area contributed by atoms with E-state index in [0.29, 0.717) is 5.92 Å². The second-order valence-corrected chi connectivity index (χ2v) is 4.40. The molecule has 2 aromatic rings. The summed E-state index contributed by atoms with van der Waals surface area (Å²) in [5, 5.41) is 3.24. The smallest absolute Gasteiger partial charge is 0.183 e. The predicted octanol–water partition coefficient (Wildman–Crippen LogP) is 2.88. The summed E-state index contributed by atoms with van der Waals surface area (Å²) in [6.07, 6.45) is 0. The van der Waals surface area contributed by atoms with Crippen molar-refractivity contribution in [1.29, 1.82) is 0 Å². The minimum Gasteiger partial charge on any atom is -0.220 e. The van der Waals surface area contributed by atoms with Gasteiger partial charge in [0, 0.05) is 11.3 Å². The first-order valence-electron chi connectivity index (χ1n) is 3.48. The van der Waals surface area contributed by atoms with Crippen LogP contribution < -0.4 is 0 Å². The van der Waals surface area contributed by atoms with Gasteiger partial charge in [-0.2, -0.15) is 4.37 Å². The van der Waals surface area contributed by atoms with E-state index < -0.39 is 0 Å². The zero-order valence-electron chi connectivity index (χ0n) is 6.37. The lowest BCUT2D eigenvalue weighted by atomic mass is 10.2. The second-order valence-electron chi connectivity index (χ2n) is 2.71. The zero-order valence-corrected chi connectivity index (χ0v) is 8.00. The molecule has 0 saturated heterocycles. The van der Waals surface area contributed by atoms with E-state index in [1.165, 1.54) is 21.2 Å². The monoisotopic (exact) mass is 184 g/mol. The molecule has 0 aliphatic heterocycles. The van der Waals surface area contributed by atoms with Crippen LogP contribution in [-0.4, -0.2) is 9.36 Å². The number of fused-ring (bicyclic) bond motifs is 1. The van der Waals surface area contributed by atoms with Gasteiger partial charge in [-0.05, 0) is 11.5 Å². The van der Waals surface area contributed by atoms with Gasteiger partial charge in [-0.3, -0.25) is 0 Å². The van der Waals surface area contributed by atoms with Crippen molar-refractivity contribution in [2.45, 2.75) is 19.8 Å². The molecule has 0 fully saturated rings. The molecule has 0 aromatic carbocycles. The van der Waals surface area contributed by atoms with Crippen LogP contribution in [0.2, 0.25) is 0 Å². The van der Waals surface area contributed by atoms with Crippen molar-refractivity contribution in [3.8, 4) is 0 Å². The first-order chi connectivity index (χ1) is 5.27. The summed E-state index contributed by atoms with van der Waals surface area (Å²) in [5.41, 5.74) is 0.920. The van der Waals surface area contributed by atoms with E-state index in [-0.39, 0.29) is 0 Å². The van der Waals surface area contributed by atoms with Gasteiger partial charge in [0.25, 0.3) is 0 Å². The molecule has 0 spiro atoms. The molecular weight excluding hydrogens is 176 g/mol. The van der Waals surface area contributed by atoms with Gasteiger partial charge in [0.1, 0.15) is 0 Å². The Kier molecular flexibility index (Phi) is 1.65.